The zero-order valence-electron chi connectivity index (χ0n) is 10.2. The van der Waals surface area contributed by atoms with Crippen LogP contribution in [0.25, 0.3) is 0 Å². The lowest BCUT2D eigenvalue weighted by Crippen LogP contribution is -2.44. The molecule has 3 aliphatic carbocycles. The number of ketones is 1. The van der Waals surface area contributed by atoms with Crippen molar-refractivity contribution in [3.63, 3.8) is 0 Å². The number of Topliss-reactive ketones (excluding diaryl/α,β-unsaturated/α-hetero) is 1. The third-order valence-electron chi connectivity index (χ3n) is 5.29. The Morgan fingerprint density at radius 3 is 3.00 bits per heavy atom. The molecule has 16 heavy (non-hydrogen) atoms. The van der Waals surface area contributed by atoms with Gasteiger partial charge in [-0.3, -0.25) is 4.79 Å². The van der Waals surface area contributed by atoms with Gasteiger partial charge in [0.05, 0.1) is 6.10 Å². The van der Waals surface area contributed by atoms with Crippen molar-refractivity contribution in [2.45, 2.75) is 45.1 Å². The minimum Gasteiger partial charge on any atom is -0.381 e. The molecule has 0 saturated heterocycles. The number of methoxy groups -OCH3 is 1. The largest absolute Gasteiger partial charge is 0.381 e. The Morgan fingerprint density at radius 2 is 2.25 bits per heavy atom. The lowest BCUT2D eigenvalue weighted by molar-refractivity contribution is -0.126. The van der Waals surface area contributed by atoms with Crippen LogP contribution in [0.4, 0.5) is 0 Å². The maximum absolute atomic E-state index is 11.8. The van der Waals surface area contributed by atoms with Crippen molar-refractivity contribution in [3.8, 4) is 0 Å². The summed E-state index contributed by atoms with van der Waals surface area (Å²) in [7, 11) is 1.83. The standard InChI is InChI=1S/C14H20O2/c1-9-13(16-2)4-3-11-7-10-8-14(9,11)6-5-12(10)15/h7,9-10,13H,3-6,8H2,1-2H3/t9-,10+,13+,14+/m0/s1. The van der Waals surface area contributed by atoms with Crippen molar-refractivity contribution in [2.24, 2.45) is 17.3 Å². The highest BCUT2D eigenvalue weighted by molar-refractivity contribution is 5.85. The van der Waals surface area contributed by atoms with Crippen molar-refractivity contribution in [3.05, 3.63) is 11.6 Å². The molecule has 1 spiro atoms. The Bertz CT molecular complexity index is 358. The summed E-state index contributed by atoms with van der Waals surface area (Å²) in [5, 5.41) is 0. The fourth-order valence-electron chi connectivity index (χ4n) is 4.26. The maximum Gasteiger partial charge on any atom is 0.139 e. The van der Waals surface area contributed by atoms with Crippen LogP contribution in [0, 0.1) is 17.3 Å². The van der Waals surface area contributed by atoms with Crippen LogP contribution in [-0.2, 0) is 9.53 Å². The van der Waals surface area contributed by atoms with E-state index in [1.54, 1.807) is 5.57 Å². The van der Waals surface area contributed by atoms with Gasteiger partial charge >= 0.3 is 0 Å². The molecule has 0 amide bonds. The van der Waals surface area contributed by atoms with Gasteiger partial charge in [-0.25, -0.2) is 0 Å². The van der Waals surface area contributed by atoms with Gasteiger partial charge in [-0.05, 0) is 37.0 Å². The molecule has 0 unspecified atom stereocenters. The van der Waals surface area contributed by atoms with Gasteiger partial charge in [-0.1, -0.05) is 18.6 Å². The second kappa shape index (κ2) is 3.43. The summed E-state index contributed by atoms with van der Waals surface area (Å²) in [4.78, 5) is 11.8. The molecule has 0 aliphatic heterocycles. The van der Waals surface area contributed by atoms with Gasteiger partial charge in [-0.15, -0.1) is 0 Å². The molecule has 3 rings (SSSR count). The summed E-state index contributed by atoms with van der Waals surface area (Å²) < 4.78 is 5.61. The third-order valence-corrected chi connectivity index (χ3v) is 5.29. The van der Waals surface area contributed by atoms with E-state index in [-0.39, 0.29) is 5.92 Å². The molecule has 0 aromatic rings. The number of allylic oxidation sites excluding steroid dienone is 2. The Balaban J connectivity index is 1.96. The van der Waals surface area contributed by atoms with Gasteiger partial charge in [0, 0.05) is 19.4 Å². The molecular formula is C14H20O2. The van der Waals surface area contributed by atoms with Crippen molar-refractivity contribution in [2.75, 3.05) is 7.11 Å². The van der Waals surface area contributed by atoms with Crippen LogP contribution in [0.3, 0.4) is 0 Å². The van der Waals surface area contributed by atoms with Gasteiger partial charge in [-0.2, -0.15) is 0 Å². The molecule has 0 aromatic heterocycles. The summed E-state index contributed by atoms with van der Waals surface area (Å²) >= 11 is 0. The van der Waals surface area contributed by atoms with E-state index in [0.29, 0.717) is 23.2 Å². The minimum atomic E-state index is 0.238. The van der Waals surface area contributed by atoms with Gasteiger partial charge in [0.15, 0.2) is 0 Å². The molecule has 2 bridgehead atoms. The van der Waals surface area contributed by atoms with E-state index in [0.717, 1.165) is 32.1 Å². The highest BCUT2D eigenvalue weighted by Gasteiger charge is 2.53. The maximum atomic E-state index is 11.8. The molecule has 0 N–H and O–H groups in total. The van der Waals surface area contributed by atoms with Gasteiger partial charge < -0.3 is 4.74 Å². The van der Waals surface area contributed by atoms with E-state index in [4.69, 9.17) is 4.74 Å². The van der Waals surface area contributed by atoms with E-state index in [2.05, 4.69) is 13.0 Å². The van der Waals surface area contributed by atoms with Crippen molar-refractivity contribution in [1.29, 1.82) is 0 Å². The topological polar surface area (TPSA) is 26.3 Å². The predicted octanol–water partition coefficient (Wildman–Crippen LogP) is 2.73. The first kappa shape index (κ1) is 10.5. The second-order valence-electron chi connectivity index (χ2n) is 5.73. The van der Waals surface area contributed by atoms with Crippen LogP contribution >= 0.6 is 0 Å². The first-order chi connectivity index (χ1) is 7.67. The fraction of sp³-hybridized carbons (Fsp3) is 0.786. The summed E-state index contributed by atoms with van der Waals surface area (Å²) in [5.74, 6) is 1.28. The van der Waals surface area contributed by atoms with E-state index in [1.165, 1.54) is 0 Å². The highest BCUT2D eigenvalue weighted by Crippen LogP contribution is 2.59. The number of carbonyl (C=O) groups is 1. The lowest BCUT2D eigenvalue weighted by Gasteiger charge is -2.47. The summed E-state index contributed by atoms with van der Waals surface area (Å²) in [5.41, 5.74) is 1.89. The average molecular weight is 220 g/mol. The van der Waals surface area contributed by atoms with Crippen molar-refractivity contribution >= 4 is 5.78 Å². The summed E-state index contributed by atoms with van der Waals surface area (Å²) in [6.45, 7) is 2.32. The number of ether oxygens (including phenoxy) is 1. The smallest absolute Gasteiger partial charge is 0.139 e. The molecular weight excluding hydrogens is 200 g/mol. The number of hydrogen-bond donors (Lipinski definition) is 0. The molecule has 4 atom stereocenters. The number of hydrogen-bond acceptors (Lipinski definition) is 2. The van der Waals surface area contributed by atoms with Crippen LogP contribution in [0.5, 0.6) is 0 Å². The van der Waals surface area contributed by atoms with Gasteiger partial charge in [0.25, 0.3) is 0 Å². The number of carbonyl (C=O) groups excluding carboxylic acids is 1. The molecule has 2 nitrogen and oxygen atoms in total. The Labute approximate surface area is 97.1 Å². The Kier molecular flexibility index (Phi) is 2.25. The first-order valence-electron chi connectivity index (χ1n) is 6.44. The lowest BCUT2D eigenvalue weighted by atomic mass is 9.59. The van der Waals surface area contributed by atoms with Gasteiger partial charge in [0.2, 0.25) is 0 Å². The SMILES string of the molecule is CO[C@@H]1CCC2=C[C@@H]3C[C@]2(CCC3=O)[C@H]1C. The predicted molar refractivity (Wildman–Crippen MR) is 62.1 cm³/mol. The number of rotatable bonds is 1. The van der Waals surface area contributed by atoms with Crippen LogP contribution in [0.1, 0.15) is 39.0 Å². The van der Waals surface area contributed by atoms with E-state index < -0.39 is 0 Å². The fourth-order valence-corrected chi connectivity index (χ4v) is 4.26. The van der Waals surface area contributed by atoms with Crippen LogP contribution in [0.15, 0.2) is 11.6 Å². The second-order valence-corrected chi connectivity index (χ2v) is 5.73. The minimum absolute atomic E-state index is 0.238. The van der Waals surface area contributed by atoms with Gasteiger partial charge in [0.1, 0.15) is 5.78 Å². The highest BCUT2D eigenvalue weighted by atomic mass is 16.5. The molecule has 88 valence electrons. The summed E-state index contributed by atoms with van der Waals surface area (Å²) in [6, 6.07) is 0. The molecule has 2 fully saturated rings. The van der Waals surface area contributed by atoms with E-state index in [9.17, 15) is 4.79 Å². The normalized spacial score (nSPS) is 46.5. The Hall–Kier alpha value is -0.630. The van der Waals surface area contributed by atoms with Crippen molar-refractivity contribution < 1.29 is 9.53 Å². The van der Waals surface area contributed by atoms with Crippen LogP contribution in [0.2, 0.25) is 0 Å². The summed E-state index contributed by atoms with van der Waals surface area (Å²) in [6.07, 6.45) is 7.88. The van der Waals surface area contributed by atoms with Crippen LogP contribution in [-0.4, -0.2) is 19.0 Å². The molecule has 0 aromatic carbocycles. The monoisotopic (exact) mass is 220 g/mol. The zero-order chi connectivity index (χ0) is 11.3. The quantitative estimate of drug-likeness (QED) is 0.635. The molecule has 2 heteroatoms. The Morgan fingerprint density at radius 1 is 1.44 bits per heavy atom. The first-order valence-corrected chi connectivity index (χ1v) is 6.44. The van der Waals surface area contributed by atoms with Crippen molar-refractivity contribution in [1.82, 2.24) is 0 Å². The molecule has 3 aliphatic rings. The molecule has 0 radical (unpaired) electrons. The number of fused-ring (bicyclic) bond motifs is 1. The van der Waals surface area contributed by atoms with E-state index >= 15 is 0 Å². The molecule has 2 saturated carbocycles. The average Bonchev–Trinajstić information content (AvgIpc) is 2.61. The van der Waals surface area contributed by atoms with E-state index in [1.807, 2.05) is 7.11 Å². The third kappa shape index (κ3) is 1.20. The zero-order valence-corrected chi connectivity index (χ0v) is 10.2. The van der Waals surface area contributed by atoms with Crippen LogP contribution < -0.4 is 0 Å². The molecule has 0 heterocycles.